The van der Waals surface area contributed by atoms with E-state index in [1.165, 1.54) is 0 Å². The average molecular weight is 535 g/mol. The van der Waals surface area contributed by atoms with Crippen LogP contribution in [-0.4, -0.2) is 45.7 Å². The van der Waals surface area contributed by atoms with E-state index in [4.69, 9.17) is 20.6 Å². The standard InChI is InChI=1S/C13H22N6O9S4/c14-29(21,22)9-6-8(19-13(20)18-7-4-2-1-3-5-7)10(30(15,23)24)12(32(17,27)28)11(9)31(16,25)26/h6-7H,1-5H2,(H2,14,21,22)(H2,15,23,24)(H2,16,25,26)(H2,17,27,28)(H2,18,19,20). The van der Waals surface area contributed by atoms with Gasteiger partial charge in [-0.15, -0.1) is 0 Å². The van der Waals surface area contributed by atoms with Crippen LogP contribution in [0.25, 0.3) is 0 Å². The number of carbonyl (C=O) groups is 1. The lowest BCUT2D eigenvalue weighted by Gasteiger charge is -2.24. The van der Waals surface area contributed by atoms with Gasteiger partial charge in [-0.3, -0.25) is 0 Å². The predicted molar refractivity (Wildman–Crippen MR) is 111 cm³/mol. The fraction of sp³-hybridized carbons (Fsp3) is 0.462. The summed E-state index contributed by atoms with van der Waals surface area (Å²) in [5, 5.41) is 24.5. The van der Waals surface area contributed by atoms with E-state index in [0.29, 0.717) is 18.9 Å². The van der Waals surface area contributed by atoms with Gasteiger partial charge in [-0.2, -0.15) is 0 Å². The zero-order valence-corrected chi connectivity index (χ0v) is 19.6. The van der Waals surface area contributed by atoms with E-state index in [0.717, 1.165) is 19.3 Å². The summed E-state index contributed by atoms with van der Waals surface area (Å²) < 4.78 is 96.9. The largest absolute Gasteiger partial charge is 0.335 e. The molecular formula is C13H22N6O9S4. The quantitative estimate of drug-likeness (QED) is 0.229. The van der Waals surface area contributed by atoms with E-state index < -0.39 is 71.4 Å². The maximum absolute atomic E-state index is 12.4. The molecule has 2 rings (SSSR count). The Morgan fingerprint density at radius 2 is 1.19 bits per heavy atom. The minimum absolute atomic E-state index is 0.291. The van der Waals surface area contributed by atoms with Crippen LogP contribution in [0.15, 0.2) is 25.6 Å². The number of rotatable bonds is 6. The summed E-state index contributed by atoms with van der Waals surface area (Å²) in [4.78, 5) is 6.06. The van der Waals surface area contributed by atoms with Gasteiger partial charge in [0.25, 0.3) is 0 Å². The molecule has 1 aromatic rings. The number of sulfonamides is 4. The van der Waals surface area contributed by atoms with Gasteiger partial charge in [0.05, 0.1) is 5.69 Å². The van der Waals surface area contributed by atoms with Gasteiger partial charge in [0.1, 0.15) is 19.6 Å². The molecule has 0 aliphatic heterocycles. The molecule has 1 fully saturated rings. The number of nitrogens with two attached hydrogens (primary N) is 4. The minimum atomic E-state index is -5.31. The smallest absolute Gasteiger partial charge is 0.319 e. The van der Waals surface area contributed by atoms with Gasteiger partial charge in [0, 0.05) is 6.04 Å². The highest BCUT2D eigenvalue weighted by Gasteiger charge is 2.38. The Labute approximate surface area is 185 Å². The Kier molecular flexibility index (Phi) is 7.27. The lowest BCUT2D eigenvalue weighted by atomic mass is 9.96. The van der Waals surface area contributed by atoms with Crippen LogP contribution in [0.3, 0.4) is 0 Å². The molecule has 10 N–H and O–H groups in total. The third-order valence-electron chi connectivity index (χ3n) is 4.50. The minimum Gasteiger partial charge on any atom is -0.335 e. The maximum Gasteiger partial charge on any atom is 0.319 e. The van der Waals surface area contributed by atoms with Crippen molar-refractivity contribution in [3.63, 3.8) is 0 Å². The van der Waals surface area contributed by atoms with Crippen LogP contribution in [0.5, 0.6) is 0 Å². The topological polar surface area (TPSA) is 282 Å². The number of primary sulfonamides is 4. The highest BCUT2D eigenvalue weighted by Crippen LogP contribution is 2.37. The van der Waals surface area contributed by atoms with Crippen molar-refractivity contribution in [3.05, 3.63) is 6.07 Å². The first kappa shape index (κ1) is 26.4. The Balaban J connectivity index is 2.88. The molecule has 0 atom stereocenters. The van der Waals surface area contributed by atoms with E-state index in [2.05, 4.69) is 5.32 Å². The van der Waals surface area contributed by atoms with Crippen LogP contribution < -0.4 is 31.2 Å². The first-order valence-corrected chi connectivity index (χ1v) is 14.9. The van der Waals surface area contributed by atoms with Crippen LogP contribution in [-0.2, 0) is 40.1 Å². The Morgan fingerprint density at radius 3 is 1.59 bits per heavy atom. The second-order valence-electron chi connectivity index (χ2n) is 7.02. The van der Waals surface area contributed by atoms with Gasteiger partial charge in [-0.25, -0.2) is 59.0 Å². The van der Waals surface area contributed by atoms with E-state index in [9.17, 15) is 38.5 Å². The van der Waals surface area contributed by atoms with Gasteiger partial charge in [-0.05, 0) is 18.9 Å². The molecule has 1 aromatic carbocycles. The average Bonchev–Trinajstić information content (AvgIpc) is 2.57. The fourth-order valence-corrected chi connectivity index (χ4v) is 8.38. The van der Waals surface area contributed by atoms with E-state index in [1.54, 1.807) is 0 Å². The molecule has 0 aromatic heterocycles. The monoisotopic (exact) mass is 534 g/mol. The third kappa shape index (κ3) is 6.13. The number of hydrogen-bond donors (Lipinski definition) is 6. The Morgan fingerprint density at radius 1 is 0.719 bits per heavy atom. The molecular weight excluding hydrogens is 512 g/mol. The summed E-state index contributed by atoms with van der Waals surface area (Å²) in [5.41, 5.74) is -0.985. The van der Waals surface area contributed by atoms with Crippen molar-refractivity contribution in [2.75, 3.05) is 5.32 Å². The lowest BCUT2D eigenvalue weighted by molar-refractivity contribution is 0.244. The number of carbonyl (C=O) groups excluding carboxylic acids is 1. The second kappa shape index (κ2) is 8.82. The number of benzene rings is 1. The summed E-state index contributed by atoms with van der Waals surface area (Å²) in [6.07, 6.45) is 3.83. The molecule has 0 bridgehead atoms. The molecule has 2 amide bonds. The molecule has 0 saturated heterocycles. The van der Waals surface area contributed by atoms with E-state index in [-0.39, 0.29) is 6.04 Å². The third-order valence-corrected chi connectivity index (χ3v) is 8.79. The van der Waals surface area contributed by atoms with E-state index in [1.807, 2.05) is 5.32 Å². The molecule has 1 aliphatic carbocycles. The molecule has 32 heavy (non-hydrogen) atoms. The van der Waals surface area contributed by atoms with Crippen LogP contribution >= 0.6 is 0 Å². The van der Waals surface area contributed by atoms with Crippen molar-refractivity contribution in [2.45, 2.75) is 57.7 Å². The first-order valence-electron chi connectivity index (χ1n) is 8.73. The SMILES string of the molecule is NS(=O)(=O)c1cc(NC(=O)NC2CCCCC2)c(S(N)(=O)=O)c(S(N)(=O)=O)c1S(N)(=O)=O. The fourth-order valence-electron chi connectivity index (χ4n) is 3.30. The summed E-state index contributed by atoms with van der Waals surface area (Å²) in [6.45, 7) is 0. The van der Waals surface area contributed by atoms with Crippen molar-refractivity contribution in [2.24, 2.45) is 20.6 Å². The van der Waals surface area contributed by atoms with Crippen molar-refractivity contribution in [1.29, 1.82) is 0 Å². The summed E-state index contributed by atoms with van der Waals surface area (Å²) in [6, 6.07) is -1.00. The summed E-state index contributed by atoms with van der Waals surface area (Å²) in [5.74, 6) is 0. The van der Waals surface area contributed by atoms with Crippen molar-refractivity contribution >= 4 is 51.8 Å². The molecule has 0 unspecified atom stereocenters. The predicted octanol–water partition coefficient (Wildman–Crippen LogP) is -2.27. The molecule has 0 radical (unpaired) electrons. The highest BCUT2D eigenvalue weighted by molar-refractivity contribution is 7.95. The van der Waals surface area contributed by atoms with Crippen LogP contribution in [0, 0.1) is 0 Å². The van der Waals surface area contributed by atoms with Crippen molar-refractivity contribution in [3.8, 4) is 0 Å². The van der Waals surface area contributed by atoms with Crippen molar-refractivity contribution in [1.82, 2.24) is 5.32 Å². The van der Waals surface area contributed by atoms with Crippen molar-refractivity contribution < 1.29 is 38.5 Å². The number of nitrogens with one attached hydrogen (secondary N) is 2. The number of urea groups is 1. The normalized spacial score (nSPS) is 16.5. The maximum atomic E-state index is 12.4. The molecule has 19 heteroatoms. The molecule has 182 valence electrons. The summed E-state index contributed by atoms with van der Waals surface area (Å²) in [7, 11) is -20.7. The van der Waals surface area contributed by atoms with Gasteiger partial charge >= 0.3 is 6.03 Å². The highest BCUT2D eigenvalue weighted by atomic mass is 32.2. The first-order chi connectivity index (χ1) is 14.3. The Bertz CT molecular complexity index is 1360. The van der Waals surface area contributed by atoms with Gasteiger partial charge in [0.15, 0.2) is 0 Å². The number of anilines is 1. The number of amides is 2. The zero-order chi connectivity index (χ0) is 24.7. The summed E-state index contributed by atoms with van der Waals surface area (Å²) >= 11 is 0. The van der Waals surface area contributed by atoms with E-state index >= 15 is 0 Å². The molecule has 1 saturated carbocycles. The molecule has 1 aliphatic rings. The lowest BCUT2D eigenvalue weighted by Crippen LogP contribution is -2.39. The molecule has 0 heterocycles. The second-order valence-corrected chi connectivity index (χ2v) is 13.0. The van der Waals surface area contributed by atoms with Gasteiger partial charge in [0.2, 0.25) is 40.1 Å². The molecule has 15 nitrogen and oxygen atoms in total. The Hall–Kier alpha value is -1.87. The zero-order valence-electron chi connectivity index (χ0n) is 16.3. The van der Waals surface area contributed by atoms with Crippen LogP contribution in [0.2, 0.25) is 0 Å². The van der Waals surface area contributed by atoms with Crippen LogP contribution in [0.4, 0.5) is 10.5 Å². The van der Waals surface area contributed by atoms with Crippen LogP contribution in [0.1, 0.15) is 32.1 Å². The number of hydrogen-bond acceptors (Lipinski definition) is 9. The van der Waals surface area contributed by atoms with Gasteiger partial charge in [-0.1, -0.05) is 19.3 Å². The molecule has 0 spiro atoms. The van der Waals surface area contributed by atoms with Gasteiger partial charge < -0.3 is 10.6 Å².